The molecule has 1 aliphatic heterocycles. The van der Waals surface area contributed by atoms with Gasteiger partial charge in [-0.1, -0.05) is 0 Å². The highest BCUT2D eigenvalue weighted by atomic mass is 32.2. The van der Waals surface area contributed by atoms with Crippen LogP contribution >= 0.6 is 19.4 Å². The Hall–Kier alpha value is -0.0300. The molecule has 0 aliphatic carbocycles. The largest absolute Gasteiger partial charge is 0.468 e. The van der Waals surface area contributed by atoms with Crippen LogP contribution in [0.15, 0.2) is 0 Å². The molecule has 17 heavy (non-hydrogen) atoms. The molecule has 100 valence electrons. The standard InChI is InChI=1S/C10H19O5PS/c1-4-14-16(12,15-5-2)8-6-9(17-7-8)10(11)13-3/h8-9H,4-7H2,1-3H3/t8-,9+/m1/s1. The minimum absolute atomic E-state index is 0.212. The zero-order chi connectivity index (χ0) is 12.9. The van der Waals surface area contributed by atoms with E-state index in [9.17, 15) is 9.36 Å². The average molecular weight is 282 g/mol. The monoisotopic (exact) mass is 282 g/mol. The van der Waals surface area contributed by atoms with Gasteiger partial charge >= 0.3 is 13.6 Å². The van der Waals surface area contributed by atoms with Gasteiger partial charge in [-0.15, -0.1) is 11.8 Å². The minimum Gasteiger partial charge on any atom is -0.468 e. The topological polar surface area (TPSA) is 61.8 Å². The van der Waals surface area contributed by atoms with Gasteiger partial charge in [-0.3, -0.25) is 9.36 Å². The fourth-order valence-electron chi connectivity index (χ4n) is 1.73. The van der Waals surface area contributed by atoms with E-state index < -0.39 is 7.60 Å². The summed E-state index contributed by atoms with van der Waals surface area (Å²) in [5, 5.41) is -0.251. The highest BCUT2D eigenvalue weighted by Crippen LogP contribution is 2.58. The van der Waals surface area contributed by atoms with Gasteiger partial charge in [0.1, 0.15) is 5.25 Å². The molecule has 1 heterocycles. The molecule has 0 aromatic rings. The van der Waals surface area contributed by atoms with E-state index in [0.717, 1.165) is 0 Å². The van der Waals surface area contributed by atoms with Crippen molar-refractivity contribution in [2.24, 2.45) is 0 Å². The van der Waals surface area contributed by atoms with Crippen LogP contribution in [0.2, 0.25) is 0 Å². The van der Waals surface area contributed by atoms with Gasteiger partial charge in [-0.05, 0) is 20.3 Å². The van der Waals surface area contributed by atoms with Gasteiger partial charge in [-0.2, -0.15) is 0 Å². The summed E-state index contributed by atoms with van der Waals surface area (Å²) in [7, 11) is -1.72. The zero-order valence-electron chi connectivity index (χ0n) is 10.4. The van der Waals surface area contributed by atoms with Gasteiger partial charge in [0, 0.05) is 5.75 Å². The molecule has 1 aliphatic rings. The summed E-state index contributed by atoms with van der Waals surface area (Å²) in [6, 6.07) is 0. The fraction of sp³-hybridized carbons (Fsp3) is 0.900. The second-order valence-corrected chi connectivity index (χ2v) is 7.17. The molecule has 0 amide bonds. The third-order valence-electron chi connectivity index (χ3n) is 2.51. The summed E-state index contributed by atoms with van der Waals surface area (Å²) in [5.41, 5.74) is -0.212. The molecule has 0 radical (unpaired) electrons. The molecule has 2 atom stereocenters. The lowest BCUT2D eigenvalue weighted by molar-refractivity contribution is -0.139. The van der Waals surface area contributed by atoms with Crippen LogP contribution in [0.5, 0.6) is 0 Å². The number of esters is 1. The maximum absolute atomic E-state index is 12.5. The lowest BCUT2D eigenvalue weighted by Crippen LogP contribution is -2.19. The van der Waals surface area contributed by atoms with Gasteiger partial charge in [-0.25, -0.2) is 0 Å². The lowest BCUT2D eigenvalue weighted by atomic mass is 10.2. The summed E-state index contributed by atoms with van der Waals surface area (Å²) in [4.78, 5) is 11.4. The number of carbonyl (C=O) groups is 1. The Labute approximate surface area is 106 Å². The summed E-state index contributed by atoms with van der Waals surface area (Å²) in [6.07, 6.45) is 0.495. The van der Waals surface area contributed by atoms with Crippen molar-refractivity contribution in [3.63, 3.8) is 0 Å². The Bertz CT molecular complexity index is 299. The number of hydrogen-bond acceptors (Lipinski definition) is 6. The van der Waals surface area contributed by atoms with Gasteiger partial charge in [0.05, 0.1) is 26.0 Å². The van der Waals surface area contributed by atoms with E-state index in [0.29, 0.717) is 25.4 Å². The van der Waals surface area contributed by atoms with E-state index in [1.54, 1.807) is 13.8 Å². The van der Waals surface area contributed by atoms with Gasteiger partial charge < -0.3 is 13.8 Å². The lowest BCUT2D eigenvalue weighted by Gasteiger charge is -2.22. The maximum atomic E-state index is 12.5. The Kier molecular flexibility index (Phi) is 6.00. The van der Waals surface area contributed by atoms with Gasteiger partial charge in [0.15, 0.2) is 0 Å². The molecule has 5 nitrogen and oxygen atoms in total. The highest BCUT2D eigenvalue weighted by Gasteiger charge is 2.43. The quantitative estimate of drug-likeness (QED) is 0.550. The van der Waals surface area contributed by atoms with Crippen molar-refractivity contribution < 1.29 is 23.1 Å². The maximum Gasteiger partial charge on any atom is 0.334 e. The normalized spacial score (nSPS) is 24.9. The Morgan fingerprint density at radius 3 is 2.41 bits per heavy atom. The summed E-state index contributed by atoms with van der Waals surface area (Å²) >= 11 is 1.45. The molecule has 7 heteroatoms. The zero-order valence-corrected chi connectivity index (χ0v) is 12.1. The van der Waals surface area contributed by atoms with Crippen molar-refractivity contribution in [3.05, 3.63) is 0 Å². The van der Waals surface area contributed by atoms with Crippen molar-refractivity contribution in [3.8, 4) is 0 Å². The summed E-state index contributed by atoms with van der Waals surface area (Å²) < 4.78 is 27.7. The first kappa shape index (κ1) is 15.0. The van der Waals surface area contributed by atoms with E-state index in [1.807, 2.05) is 0 Å². The second-order valence-electron chi connectivity index (χ2n) is 3.61. The van der Waals surface area contributed by atoms with E-state index in [2.05, 4.69) is 4.74 Å². The molecule has 0 spiro atoms. The van der Waals surface area contributed by atoms with Crippen molar-refractivity contribution in [1.82, 2.24) is 0 Å². The predicted molar refractivity (Wildman–Crippen MR) is 67.5 cm³/mol. The molecule has 0 N–H and O–H groups in total. The van der Waals surface area contributed by atoms with Crippen LogP contribution in [0.3, 0.4) is 0 Å². The minimum atomic E-state index is -3.08. The van der Waals surface area contributed by atoms with Crippen LogP contribution in [0, 0.1) is 0 Å². The number of carbonyl (C=O) groups excluding carboxylic acids is 1. The van der Waals surface area contributed by atoms with Crippen LogP contribution in [-0.2, 0) is 23.1 Å². The molecule has 1 rings (SSSR count). The van der Waals surface area contributed by atoms with E-state index in [1.165, 1.54) is 18.9 Å². The number of hydrogen-bond donors (Lipinski definition) is 0. The summed E-state index contributed by atoms with van der Waals surface area (Å²) in [5.74, 6) is 0.342. The van der Waals surface area contributed by atoms with Gasteiger partial charge in [0.2, 0.25) is 0 Å². The molecule has 0 unspecified atom stereocenters. The van der Waals surface area contributed by atoms with E-state index >= 15 is 0 Å². The SMILES string of the molecule is CCOP(=O)(OCC)[C@H]1CS[C@H](C(=O)OC)C1. The average Bonchev–Trinajstić information content (AvgIpc) is 2.78. The third kappa shape index (κ3) is 3.71. The van der Waals surface area contributed by atoms with Crippen LogP contribution in [-0.4, -0.2) is 43.0 Å². The molecular weight excluding hydrogens is 263 g/mol. The van der Waals surface area contributed by atoms with Crippen molar-refractivity contribution in [2.75, 3.05) is 26.1 Å². The molecule has 0 aromatic carbocycles. The first-order valence-corrected chi connectivity index (χ1v) is 8.31. The van der Waals surface area contributed by atoms with Crippen LogP contribution in [0.4, 0.5) is 0 Å². The Morgan fingerprint density at radius 2 is 1.94 bits per heavy atom. The molecule has 1 saturated heterocycles. The van der Waals surface area contributed by atoms with Crippen molar-refractivity contribution >= 4 is 25.3 Å². The van der Waals surface area contributed by atoms with Gasteiger partial charge in [0.25, 0.3) is 0 Å². The number of ether oxygens (including phenoxy) is 1. The van der Waals surface area contributed by atoms with Crippen LogP contribution in [0.25, 0.3) is 0 Å². The Morgan fingerprint density at radius 1 is 1.35 bits per heavy atom. The van der Waals surface area contributed by atoms with Crippen LogP contribution < -0.4 is 0 Å². The Balaban J connectivity index is 2.66. The smallest absolute Gasteiger partial charge is 0.334 e. The molecular formula is C10H19O5PS. The number of methoxy groups -OCH3 is 1. The van der Waals surface area contributed by atoms with E-state index in [4.69, 9.17) is 9.05 Å². The molecule has 1 fully saturated rings. The number of rotatable bonds is 6. The van der Waals surface area contributed by atoms with E-state index in [-0.39, 0.29) is 16.9 Å². The second kappa shape index (κ2) is 6.78. The molecule has 0 saturated carbocycles. The fourth-order valence-corrected chi connectivity index (χ4v) is 5.74. The van der Waals surface area contributed by atoms with Crippen molar-refractivity contribution in [2.45, 2.75) is 31.2 Å². The summed E-state index contributed by atoms with van der Waals surface area (Å²) in [6.45, 7) is 4.26. The first-order valence-electron chi connectivity index (χ1n) is 5.65. The van der Waals surface area contributed by atoms with Crippen molar-refractivity contribution in [1.29, 1.82) is 0 Å². The van der Waals surface area contributed by atoms with Crippen LogP contribution in [0.1, 0.15) is 20.3 Å². The first-order chi connectivity index (χ1) is 8.07. The molecule has 0 aromatic heterocycles. The number of thioether (sulfide) groups is 1. The highest BCUT2D eigenvalue weighted by molar-refractivity contribution is 8.01. The molecule has 0 bridgehead atoms. The predicted octanol–water partition coefficient (Wildman–Crippen LogP) is 2.30. The third-order valence-corrected chi connectivity index (χ3v) is 6.66.